The van der Waals surface area contributed by atoms with Gasteiger partial charge in [0, 0.05) is 13.5 Å². The SMILES string of the molecule is COCCONC(=O)CCC(C)CN. The van der Waals surface area contributed by atoms with Crippen LogP contribution in [0.3, 0.4) is 0 Å². The second-order valence-electron chi connectivity index (χ2n) is 3.25. The molecule has 0 saturated carbocycles. The van der Waals surface area contributed by atoms with Gasteiger partial charge < -0.3 is 10.5 Å². The molecule has 0 bridgehead atoms. The average molecular weight is 204 g/mol. The Bertz CT molecular complexity index is 153. The molecule has 0 fully saturated rings. The highest BCUT2D eigenvalue weighted by molar-refractivity contribution is 5.74. The number of nitrogens with two attached hydrogens (primary N) is 1. The van der Waals surface area contributed by atoms with Gasteiger partial charge in [-0.2, -0.15) is 0 Å². The summed E-state index contributed by atoms with van der Waals surface area (Å²) < 4.78 is 4.75. The van der Waals surface area contributed by atoms with Crippen molar-refractivity contribution in [1.29, 1.82) is 0 Å². The summed E-state index contributed by atoms with van der Waals surface area (Å²) in [6, 6.07) is 0. The molecule has 1 atom stereocenters. The molecule has 14 heavy (non-hydrogen) atoms. The Morgan fingerprint density at radius 2 is 2.21 bits per heavy atom. The van der Waals surface area contributed by atoms with Crippen LogP contribution in [-0.4, -0.2) is 32.8 Å². The van der Waals surface area contributed by atoms with Gasteiger partial charge in [0.2, 0.25) is 5.91 Å². The molecule has 0 aliphatic rings. The molecular weight excluding hydrogens is 184 g/mol. The lowest BCUT2D eigenvalue weighted by atomic mass is 10.1. The van der Waals surface area contributed by atoms with Gasteiger partial charge in [-0.3, -0.25) is 9.63 Å². The van der Waals surface area contributed by atoms with Gasteiger partial charge >= 0.3 is 0 Å². The number of methoxy groups -OCH3 is 1. The summed E-state index contributed by atoms with van der Waals surface area (Å²) in [4.78, 5) is 16.0. The number of rotatable bonds is 8. The van der Waals surface area contributed by atoms with Gasteiger partial charge in [-0.25, -0.2) is 5.48 Å². The molecule has 0 aliphatic carbocycles. The van der Waals surface area contributed by atoms with Gasteiger partial charge in [0.1, 0.15) is 0 Å². The smallest absolute Gasteiger partial charge is 0.243 e. The Kier molecular flexibility index (Phi) is 8.51. The fraction of sp³-hybridized carbons (Fsp3) is 0.889. The van der Waals surface area contributed by atoms with Crippen LogP contribution in [0.4, 0.5) is 0 Å². The Hall–Kier alpha value is -0.650. The molecule has 84 valence electrons. The van der Waals surface area contributed by atoms with Crippen LogP contribution in [0.2, 0.25) is 0 Å². The van der Waals surface area contributed by atoms with E-state index in [9.17, 15) is 4.79 Å². The van der Waals surface area contributed by atoms with Crippen LogP contribution in [0, 0.1) is 5.92 Å². The summed E-state index contributed by atoms with van der Waals surface area (Å²) in [6.07, 6.45) is 1.24. The summed E-state index contributed by atoms with van der Waals surface area (Å²) in [5.41, 5.74) is 7.76. The molecule has 0 heterocycles. The molecular formula is C9H20N2O3. The first-order chi connectivity index (χ1) is 6.70. The minimum atomic E-state index is -0.110. The lowest BCUT2D eigenvalue weighted by Gasteiger charge is -2.08. The number of carbonyl (C=O) groups excluding carboxylic acids is 1. The zero-order valence-corrected chi connectivity index (χ0v) is 8.91. The van der Waals surface area contributed by atoms with Gasteiger partial charge in [0.15, 0.2) is 0 Å². The van der Waals surface area contributed by atoms with Crippen molar-refractivity contribution in [2.75, 3.05) is 26.9 Å². The van der Waals surface area contributed by atoms with Gasteiger partial charge in [-0.1, -0.05) is 6.92 Å². The first kappa shape index (κ1) is 13.4. The number of nitrogens with one attached hydrogen (secondary N) is 1. The molecule has 0 spiro atoms. The van der Waals surface area contributed by atoms with Gasteiger partial charge in [-0.05, 0) is 18.9 Å². The minimum Gasteiger partial charge on any atom is -0.382 e. The fourth-order valence-corrected chi connectivity index (χ4v) is 0.803. The Labute approximate surface area is 84.9 Å². The lowest BCUT2D eigenvalue weighted by molar-refractivity contribution is -0.134. The molecule has 3 N–H and O–H groups in total. The van der Waals surface area contributed by atoms with E-state index in [1.807, 2.05) is 6.92 Å². The molecule has 0 aliphatic heterocycles. The van der Waals surface area contributed by atoms with E-state index < -0.39 is 0 Å². The molecule has 0 aromatic rings. The topological polar surface area (TPSA) is 73.6 Å². The Balaban J connectivity index is 3.28. The highest BCUT2D eigenvalue weighted by Gasteiger charge is 2.04. The summed E-state index contributed by atoms with van der Waals surface area (Å²) in [5.74, 6) is 0.265. The molecule has 0 aromatic heterocycles. The third-order valence-electron chi connectivity index (χ3n) is 1.84. The zero-order valence-electron chi connectivity index (χ0n) is 8.91. The normalized spacial score (nSPS) is 12.5. The molecule has 1 amide bonds. The molecule has 5 heteroatoms. The number of hydroxylamine groups is 1. The Morgan fingerprint density at radius 3 is 2.79 bits per heavy atom. The average Bonchev–Trinajstić information content (AvgIpc) is 2.21. The van der Waals surface area contributed by atoms with Crippen LogP contribution < -0.4 is 11.2 Å². The van der Waals surface area contributed by atoms with Crippen molar-refractivity contribution < 1.29 is 14.4 Å². The van der Waals surface area contributed by atoms with Crippen molar-refractivity contribution in [2.24, 2.45) is 11.7 Å². The number of hydrogen-bond acceptors (Lipinski definition) is 4. The van der Waals surface area contributed by atoms with Crippen molar-refractivity contribution in [1.82, 2.24) is 5.48 Å². The van der Waals surface area contributed by atoms with E-state index in [0.29, 0.717) is 32.1 Å². The third kappa shape index (κ3) is 7.97. The number of hydrogen-bond donors (Lipinski definition) is 2. The number of amides is 1. The minimum absolute atomic E-state index is 0.110. The van der Waals surface area contributed by atoms with Crippen molar-refractivity contribution in [2.45, 2.75) is 19.8 Å². The van der Waals surface area contributed by atoms with E-state index >= 15 is 0 Å². The predicted octanol–water partition coefficient (Wildman–Crippen LogP) is 0.0556. The lowest BCUT2D eigenvalue weighted by Crippen LogP contribution is -2.26. The molecule has 0 aromatic carbocycles. The first-order valence-electron chi connectivity index (χ1n) is 4.80. The standard InChI is InChI=1S/C9H20N2O3/c1-8(7-10)3-4-9(12)11-14-6-5-13-2/h8H,3-7,10H2,1-2H3,(H,11,12). The number of carbonyl (C=O) groups is 1. The summed E-state index contributed by atoms with van der Waals surface area (Å²) in [7, 11) is 1.58. The summed E-state index contributed by atoms with van der Waals surface area (Å²) in [6.45, 7) is 3.46. The van der Waals surface area contributed by atoms with Crippen LogP contribution in [0.5, 0.6) is 0 Å². The van der Waals surface area contributed by atoms with Crippen LogP contribution in [0.1, 0.15) is 19.8 Å². The van der Waals surface area contributed by atoms with E-state index in [0.717, 1.165) is 6.42 Å². The maximum Gasteiger partial charge on any atom is 0.243 e. The monoisotopic (exact) mass is 204 g/mol. The van der Waals surface area contributed by atoms with Crippen LogP contribution in [-0.2, 0) is 14.4 Å². The van der Waals surface area contributed by atoms with E-state index in [1.165, 1.54) is 0 Å². The van der Waals surface area contributed by atoms with Crippen LogP contribution >= 0.6 is 0 Å². The van der Waals surface area contributed by atoms with E-state index in [4.69, 9.17) is 15.3 Å². The second-order valence-corrected chi connectivity index (χ2v) is 3.25. The zero-order chi connectivity index (χ0) is 10.8. The van der Waals surface area contributed by atoms with Gasteiger partial charge in [-0.15, -0.1) is 0 Å². The molecule has 0 radical (unpaired) electrons. The van der Waals surface area contributed by atoms with Crippen LogP contribution in [0.25, 0.3) is 0 Å². The summed E-state index contributed by atoms with van der Waals surface area (Å²) in [5, 5.41) is 0. The highest BCUT2D eigenvalue weighted by atomic mass is 16.7. The fourth-order valence-electron chi connectivity index (χ4n) is 0.803. The maximum atomic E-state index is 11.1. The van der Waals surface area contributed by atoms with Gasteiger partial charge in [0.05, 0.1) is 13.2 Å². The highest BCUT2D eigenvalue weighted by Crippen LogP contribution is 2.02. The largest absolute Gasteiger partial charge is 0.382 e. The van der Waals surface area contributed by atoms with E-state index in [2.05, 4.69) is 5.48 Å². The second kappa shape index (κ2) is 8.93. The predicted molar refractivity (Wildman–Crippen MR) is 53.4 cm³/mol. The van der Waals surface area contributed by atoms with Crippen molar-refractivity contribution in [3.8, 4) is 0 Å². The van der Waals surface area contributed by atoms with E-state index in [1.54, 1.807) is 7.11 Å². The maximum absolute atomic E-state index is 11.1. The van der Waals surface area contributed by atoms with Crippen molar-refractivity contribution in [3.05, 3.63) is 0 Å². The van der Waals surface area contributed by atoms with Gasteiger partial charge in [0.25, 0.3) is 0 Å². The Morgan fingerprint density at radius 1 is 1.50 bits per heavy atom. The molecule has 0 rings (SSSR count). The molecule has 1 unspecified atom stereocenters. The summed E-state index contributed by atoms with van der Waals surface area (Å²) >= 11 is 0. The molecule has 5 nitrogen and oxygen atoms in total. The quantitative estimate of drug-likeness (QED) is 0.433. The van der Waals surface area contributed by atoms with Crippen molar-refractivity contribution in [3.63, 3.8) is 0 Å². The third-order valence-corrected chi connectivity index (χ3v) is 1.84. The van der Waals surface area contributed by atoms with Crippen molar-refractivity contribution >= 4 is 5.91 Å². The van der Waals surface area contributed by atoms with E-state index in [-0.39, 0.29) is 5.91 Å². The molecule has 0 saturated heterocycles. The first-order valence-corrected chi connectivity index (χ1v) is 4.80. The van der Waals surface area contributed by atoms with Crippen LogP contribution in [0.15, 0.2) is 0 Å². The number of ether oxygens (including phenoxy) is 1.